The summed E-state index contributed by atoms with van der Waals surface area (Å²) in [5.74, 6) is -0.801. The normalized spacial score (nSPS) is 11.8. The minimum Gasteiger partial charge on any atom is -0.480 e. The molecule has 0 saturated carbocycles. The molecule has 0 aromatic heterocycles. The van der Waals surface area contributed by atoms with Crippen LogP contribution in [0.2, 0.25) is 0 Å². The Morgan fingerprint density at radius 2 is 1.88 bits per heavy atom. The minimum absolute atomic E-state index is 0. The molecule has 0 spiro atoms. The summed E-state index contributed by atoms with van der Waals surface area (Å²) in [6.45, 7) is 4.24. The largest absolute Gasteiger partial charge is 0.480 e. The standard InChI is InChI=1S/C12H18N2O2.ClH/c1-8(2)11(12(15)16)14-10-5-3-9(7-13)4-6-10;/h3-6,8,11,14H,7,13H2,1-2H3,(H,15,16);1H. The molecular weight excluding hydrogens is 240 g/mol. The Morgan fingerprint density at radius 1 is 1.35 bits per heavy atom. The summed E-state index contributed by atoms with van der Waals surface area (Å²) in [6, 6.07) is 6.91. The topological polar surface area (TPSA) is 75.3 Å². The van der Waals surface area contributed by atoms with Crippen molar-refractivity contribution in [2.45, 2.75) is 26.4 Å². The molecular formula is C12H19ClN2O2. The van der Waals surface area contributed by atoms with E-state index in [-0.39, 0.29) is 18.3 Å². The highest BCUT2D eigenvalue weighted by atomic mass is 35.5. The van der Waals surface area contributed by atoms with Gasteiger partial charge in [-0.05, 0) is 23.6 Å². The van der Waals surface area contributed by atoms with E-state index in [2.05, 4.69) is 5.32 Å². The predicted octanol–water partition coefficient (Wildman–Crippen LogP) is 2.09. The molecule has 1 rings (SSSR count). The number of carbonyl (C=O) groups is 1. The van der Waals surface area contributed by atoms with Crippen LogP contribution in [0.4, 0.5) is 5.69 Å². The monoisotopic (exact) mass is 258 g/mol. The third-order valence-electron chi connectivity index (χ3n) is 2.44. The molecule has 0 radical (unpaired) electrons. The number of halogens is 1. The lowest BCUT2D eigenvalue weighted by Gasteiger charge is -2.19. The number of benzene rings is 1. The number of nitrogens with two attached hydrogens (primary N) is 1. The van der Waals surface area contributed by atoms with Crippen LogP contribution < -0.4 is 11.1 Å². The van der Waals surface area contributed by atoms with Crippen LogP contribution in [0, 0.1) is 5.92 Å². The molecule has 96 valence electrons. The SMILES string of the molecule is CC(C)C(Nc1ccc(CN)cc1)C(=O)O.Cl. The van der Waals surface area contributed by atoms with E-state index >= 15 is 0 Å². The van der Waals surface area contributed by atoms with E-state index in [4.69, 9.17) is 10.8 Å². The molecule has 1 atom stereocenters. The number of hydrogen-bond donors (Lipinski definition) is 3. The second-order valence-corrected chi connectivity index (χ2v) is 4.11. The van der Waals surface area contributed by atoms with Gasteiger partial charge in [-0.1, -0.05) is 26.0 Å². The fourth-order valence-corrected chi connectivity index (χ4v) is 1.43. The Kier molecular flexibility index (Phi) is 6.61. The highest BCUT2D eigenvalue weighted by molar-refractivity contribution is 5.85. The van der Waals surface area contributed by atoms with Crippen LogP contribution in [0.25, 0.3) is 0 Å². The van der Waals surface area contributed by atoms with Crippen LogP contribution in [0.1, 0.15) is 19.4 Å². The van der Waals surface area contributed by atoms with Crippen LogP contribution >= 0.6 is 12.4 Å². The summed E-state index contributed by atoms with van der Waals surface area (Å²) in [5, 5.41) is 12.0. The van der Waals surface area contributed by atoms with Gasteiger partial charge in [0.15, 0.2) is 0 Å². The molecule has 4 N–H and O–H groups in total. The Bertz CT molecular complexity index is 352. The molecule has 0 saturated heterocycles. The highest BCUT2D eigenvalue weighted by Gasteiger charge is 2.20. The number of carboxylic acid groups (broad SMARTS) is 1. The summed E-state index contributed by atoms with van der Waals surface area (Å²) in [7, 11) is 0. The van der Waals surface area contributed by atoms with Gasteiger partial charge < -0.3 is 16.2 Å². The van der Waals surface area contributed by atoms with Crippen LogP contribution in [0.5, 0.6) is 0 Å². The summed E-state index contributed by atoms with van der Waals surface area (Å²) in [6.07, 6.45) is 0. The number of nitrogens with one attached hydrogen (secondary N) is 1. The van der Waals surface area contributed by atoms with E-state index in [9.17, 15) is 4.79 Å². The highest BCUT2D eigenvalue weighted by Crippen LogP contribution is 2.14. The molecule has 0 aliphatic carbocycles. The fourth-order valence-electron chi connectivity index (χ4n) is 1.43. The molecule has 4 nitrogen and oxygen atoms in total. The zero-order valence-electron chi connectivity index (χ0n) is 10.0. The van der Waals surface area contributed by atoms with Crippen LogP contribution in [0.3, 0.4) is 0 Å². The van der Waals surface area contributed by atoms with E-state index < -0.39 is 12.0 Å². The molecule has 1 unspecified atom stereocenters. The van der Waals surface area contributed by atoms with Gasteiger partial charge in [-0.3, -0.25) is 0 Å². The average molecular weight is 259 g/mol. The molecule has 1 aromatic rings. The van der Waals surface area contributed by atoms with Gasteiger partial charge in [-0.25, -0.2) is 4.79 Å². The first kappa shape index (κ1) is 15.7. The summed E-state index contributed by atoms with van der Waals surface area (Å²) in [5.41, 5.74) is 7.32. The minimum atomic E-state index is -0.835. The zero-order chi connectivity index (χ0) is 12.1. The lowest BCUT2D eigenvalue weighted by molar-refractivity contribution is -0.138. The van der Waals surface area contributed by atoms with E-state index in [1.807, 2.05) is 38.1 Å². The number of aliphatic carboxylic acids is 1. The number of rotatable bonds is 5. The lowest BCUT2D eigenvalue weighted by Crippen LogP contribution is -2.34. The van der Waals surface area contributed by atoms with Gasteiger partial charge in [0.1, 0.15) is 6.04 Å². The van der Waals surface area contributed by atoms with Crippen molar-refractivity contribution >= 4 is 24.1 Å². The molecule has 0 aliphatic rings. The number of carboxylic acids is 1. The van der Waals surface area contributed by atoms with Crippen molar-refractivity contribution in [1.29, 1.82) is 0 Å². The van der Waals surface area contributed by atoms with Crippen molar-refractivity contribution in [1.82, 2.24) is 0 Å². The Hall–Kier alpha value is -1.26. The maximum atomic E-state index is 11.0. The third kappa shape index (κ3) is 4.63. The molecule has 1 aromatic carbocycles. The van der Waals surface area contributed by atoms with Gasteiger partial charge in [0.05, 0.1) is 0 Å². The fraction of sp³-hybridized carbons (Fsp3) is 0.417. The summed E-state index contributed by atoms with van der Waals surface area (Å²) < 4.78 is 0. The van der Waals surface area contributed by atoms with Gasteiger partial charge in [-0.15, -0.1) is 12.4 Å². The molecule has 0 aliphatic heterocycles. The van der Waals surface area contributed by atoms with Gasteiger partial charge in [0.2, 0.25) is 0 Å². The van der Waals surface area contributed by atoms with Crippen LogP contribution in [-0.4, -0.2) is 17.1 Å². The zero-order valence-corrected chi connectivity index (χ0v) is 10.8. The van der Waals surface area contributed by atoms with Crippen molar-refractivity contribution in [2.24, 2.45) is 11.7 Å². The van der Waals surface area contributed by atoms with Gasteiger partial charge in [-0.2, -0.15) is 0 Å². The van der Waals surface area contributed by atoms with Gasteiger partial charge in [0.25, 0.3) is 0 Å². The van der Waals surface area contributed by atoms with E-state index in [0.29, 0.717) is 6.54 Å². The van der Waals surface area contributed by atoms with E-state index in [1.165, 1.54) is 0 Å². The first-order valence-corrected chi connectivity index (χ1v) is 5.33. The molecule has 0 bridgehead atoms. The summed E-state index contributed by atoms with van der Waals surface area (Å²) >= 11 is 0. The maximum absolute atomic E-state index is 11.0. The molecule has 17 heavy (non-hydrogen) atoms. The van der Waals surface area contributed by atoms with Crippen molar-refractivity contribution in [3.63, 3.8) is 0 Å². The smallest absolute Gasteiger partial charge is 0.326 e. The van der Waals surface area contributed by atoms with Crippen LogP contribution in [0.15, 0.2) is 24.3 Å². The number of anilines is 1. The molecule has 0 heterocycles. The Balaban J connectivity index is 0.00000256. The van der Waals surface area contributed by atoms with E-state index in [1.54, 1.807) is 0 Å². The van der Waals surface area contributed by atoms with Crippen molar-refractivity contribution in [3.8, 4) is 0 Å². The first-order valence-electron chi connectivity index (χ1n) is 5.33. The quantitative estimate of drug-likeness (QED) is 0.756. The van der Waals surface area contributed by atoms with Crippen molar-refractivity contribution in [2.75, 3.05) is 5.32 Å². The summed E-state index contributed by atoms with van der Waals surface area (Å²) in [4.78, 5) is 11.0. The van der Waals surface area contributed by atoms with Gasteiger partial charge in [0, 0.05) is 12.2 Å². The third-order valence-corrected chi connectivity index (χ3v) is 2.44. The Labute approximate surface area is 108 Å². The molecule has 5 heteroatoms. The van der Waals surface area contributed by atoms with E-state index in [0.717, 1.165) is 11.3 Å². The second-order valence-electron chi connectivity index (χ2n) is 4.11. The molecule has 0 amide bonds. The maximum Gasteiger partial charge on any atom is 0.326 e. The second kappa shape index (κ2) is 7.14. The Morgan fingerprint density at radius 3 is 2.24 bits per heavy atom. The average Bonchev–Trinajstić information content (AvgIpc) is 2.25. The molecule has 0 fully saturated rings. The predicted molar refractivity (Wildman–Crippen MR) is 71.5 cm³/mol. The van der Waals surface area contributed by atoms with Gasteiger partial charge >= 0.3 is 5.97 Å². The van der Waals surface area contributed by atoms with Crippen LogP contribution in [-0.2, 0) is 11.3 Å². The first-order chi connectivity index (χ1) is 7.54. The van der Waals surface area contributed by atoms with Crippen molar-refractivity contribution < 1.29 is 9.90 Å². The number of hydrogen-bond acceptors (Lipinski definition) is 3. The van der Waals surface area contributed by atoms with Crippen molar-refractivity contribution in [3.05, 3.63) is 29.8 Å². The lowest BCUT2D eigenvalue weighted by atomic mass is 10.0.